The fourth-order valence-electron chi connectivity index (χ4n) is 3.36. The van der Waals surface area contributed by atoms with Crippen molar-refractivity contribution >= 4 is 21.6 Å². The second kappa shape index (κ2) is 8.45. The molecule has 25 heavy (non-hydrogen) atoms. The molecule has 2 aromatic rings. The standard InChI is InChI=1S/C19H25NO4S/c1-3-10-21-16(5-1)23-12-9-14-7-8-15(18-19(14)25-13-20-18)24-17-6-2-4-11-22-17/h7-8,13,16-17H,1-6,9-12H2. The zero-order valence-corrected chi connectivity index (χ0v) is 15.3. The van der Waals surface area contributed by atoms with Crippen LogP contribution < -0.4 is 4.74 Å². The third-order valence-corrected chi connectivity index (χ3v) is 5.64. The molecule has 2 unspecified atom stereocenters. The molecule has 1 aromatic heterocycles. The molecule has 0 amide bonds. The Morgan fingerprint density at radius 3 is 2.60 bits per heavy atom. The van der Waals surface area contributed by atoms with Crippen molar-refractivity contribution in [2.24, 2.45) is 0 Å². The largest absolute Gasteiger partial charge is 0.463 e. The summed E-state index contributed by atoms with van der Waals surface area (Å²) in [5, 5.41) is 0. The Morgan fingerprint density at radius 1 is 1.04 bits per heavy atom. The van der Waals surface area contributed by atoms with E-state index in [9.17, 15) is 0 Å². The van der Waals surface area contributed by atoms with Gasteiger partial charge in [0.1, 0.15) is 11.3 Å². The van der Waals surface area contributed by atoms with Gasteiger partial charge in [-0.2, -0.15) is 0 Å². The molecule has 2 aliphatic heterocycles. The van der Waals surface area contributed by atoms with E-state index in [-0.39, 0.29) is 12.6 Å². The topological polar surface area (TPSA) is 49.8 Å². The molecule has 0 saturated carbocycles. The molecule has 0 bridgehead atoms. The lowest BCUT2D eigenvalue weighted by Crippen LogP contribution is -2.25. The van der Waals surface area contributed by atoms with Gasteiger partial charge < -0.3 is 18.9 Å². The maximum atomic E-state index is 6.05. The number of ether oxygens (including phenoxy) is 4. The molecule has 0 spiro atoms. The summed E-state index contributed by atoms with van der Waals surface area (Å²) < 4.78 is 24.4. The van der Waals surface area contributed by atoms with Crippen molar-refractivity contribution in [1.29, 1.82) is 0 Å². The molecule has 3 heterocycles. The Kier molecular flexibility index (Phi) is 5.82. The van der Waals surface area contributed by atoms with Crippen molar-refractivity contribution < 1.29 is 18.9 Å². The van der Waals surface area contributed by atoms with Gasteiger partial charge in [0.05, 0.1) is 23.4 Å². The summed E-state index contributed by atoms with van der Waals surface area (Å²) in [6.07, 6.45) is 7.25. The maximum Gasteiger partial charge on any atom is 0.199 e. The molecule has 2 saturated heterocycles. The highest BCUT2D eigenvalue weighted by molar-refractivity contribution is 7.17. The first-order chi connectivity index (χ1) is 12.4. The van der Waals surface area contributed by atoms with E-state index in [1.54, 1.807) is 11.3 Å². The average molecular weight is 363 g/mol. The summed E-state index contributed by atoms with van der Waals surface area (Å²) in [6, 6.07) is 4.15. The van der Waals surface area contributed by atoms with E-state index in [4.69, 9.17) is 18.9 Å². The van der Waals surface area contributed by atoms with Crippen LogP contribution in [0.3, 0.4) is 0 Å². The van der Waals surface area contributed by atoms with Crippen LogP contribution in [0, 0.1) is 0 Å². The van der Waals surface area contributed by atoms with E-state index >= 15 is 0 Å². The van der Waals surface area contributed by atoms with Crippen LogP contribution in [0.25, 0.3) is 10.2 Å². The lowest BCUT2D eigenvalue weighted by Gasteiger charge is -2.24. The minimum Gasteiger partial charge on any atom is -0.463 e. The van der Waals surface area contributed by atoms with Gasteiger partial charge in [0.25, 0.3) is 0 Å². The van der Waals surface area contributed by atoms with Gasteiger partial charge in [-0.05, 0) is 50.2 Å². The number of thiazole rings is 1. The first kappa shape index (κ1) is 17.2. The Hall–Kier alpha value is -1.21. The number of rotatable bonds is 6. The van der Waals surface area contributed by atoms with E-state index in [1.165, 1.54) is 16.7 Å². The van der Waals surface area contributed by atoms with Gasteiger partial charge in [-0.25, -0.2) is 4.98 Å². The summed E-state index contributed by atoms with van der Waals surface area (Å²) in [4.78, 5) is 4.52. The molecule has 5 nitrogen and oxygen atoms in total. The van der Waals surface area contributed by atoms with Gasteiger partial charge in [0, 0.05) is 13.0 Å². The van der Waals surface area contributed by atoms with Crippen LogP contribution in [0.1, 0.15) is 44.1 Å². The van der Waals surface area contributed by atoms with Gasteiger partial charge in [-0.1, -0.05) is 6.07 Å². The minimum atomic E-state index is -0.142. The highest BCUT2D eigenvalue weighted by atomic mass is 32.1. The van der Waals surface area contributed by atoms with Crippen LogP contribution in [0.2, 0.25) is 0 Å². The van der Waals surface area contributed by atoms with Crippen molar-refractivity contribution in [3.8, 4) is 5.75 Å². The summed E-state index contributed by atoms with van der Waals surface area (Å²) >= 11 is 1.66. The Balaban J connectivity index is 1.40. The van der Waals surface area contributed by atoms with E-state index in [0.29, 0.717) is 6.61 Å². The second-order valence-electron chi connectivity index (χ2n) is 6.58. The summed E-state index contributed by atoms with van der Waals surface area (Å²) in [6.45, 7) is 2.27. The first-order valence-corrected chi connectivity index (χ1v) is 10.1. The zero-order valence-electron chi connectivity index (χ0n) is 14.4. The highest BCUT2D eigenvalue weighted by Crippen LogP contribution is 2.32. The Bertz CT molecular complexity index is 677. The van der Waals surface area contributed by atoms with Gasteiger partial charge in [0.15, 0.2) is 12.6 Å². The number of aromatic nitrogens is 1. The van der Waals surface area contributed by atoms with Crippen LogP contribution in [0.5, 0.6) is 5.75 Å². The molecule has 2 fully saturated rings. The average Bonchev–Trinajstić information content (AvgIpc) is 3.16. The van der Waals surface area contributed by atoms with E-state index in [1.807, 2.05) is 11.6 Å². The zero-order chi connectivity index (χ0) is 16.9. The van der Waals surface area contributed by atoms with Crippen LogP contribution in [0.15, 0.2) is 17.6 Å². The molecule has 0 radical (unpaired) electrons. The molecule has 0 aliphatic carbocycles. The molecule has 136 valence electrons. The quantitative estimate of drug-likeness (QED) is 0.766. The number of fused-ring (bicyclic) bond motifs is 1. The van der Waals surface area contributed by atoms with Crippen molar-refractivity contribution in [3.05, 3.63) is 23.2 Å². The molecule has 1 aromatic carbocycles. The molecular formula is C19H25NO4S. The summed E-state index contributed by atoms with van der Waals surface area (Å²) in [7, 11) is 0. The smallest absolute Gasteiger partial charge is 0.199 e. The van der Waals surface area contributed by atoms with Crippen LogP contribution in [-0.2, 0) is 20.6 Å². The van der Waals surface area contributed by atoms with Gasteiger partial charge in [-0.3, -0.25) is 0 Å². The molecule has 2 aliphatic rings. The SMILES string of the molecule is c1nc2c(OC3CCCCO3)ccc(CCOC3CCCCO3)c2s1. The number of benzene rings is 1. The van der Waals surface area contributed by atoms with E-state index in [2.05, 4.69) is 11.1 Å². The normalized spacial score (nSPS) is 24.5. The van der Waals surface area contributed by atoms with Crippen molar-refractivity contribution in [1.82, 2.24) is 4.98 Å². The van der Waals surface area contributed by atoms with Gasteiger partial charge in [-0.15, -0.1) is 11.3 Å². The van der Waals surface area contributed by atoms with Crippen molar-refractivity contribution in [2.75, 3.05) is 19.8 Å². The molecule has 4 rings (SSSR count). The fourth-order valence-corrected chi connectivity index (χ4v) is 4.21. The molecule has 0 N–H and O–H groups in total. The summed E-state index contributed by atoms with van der Waals surface area (Å²) in [5.74, 6) is 0.823. The Morgan fingerprint density at radius 2 is 1.84 bits per heavy atom. The highest BCUT2D eigenvalue weighted by Gasteiger charge is 2.19. The van der Waals surface area contributed by atoms with Gasteiger partial charge in [0.2, 0.25) is 0 Å². The second-order valence-corrected chi connectivity index (χ2v) is 7.44. The molecular weight excluding hydrogens is 338 g/mol. The lowest BCUT2D eigenvalue weighted by atomic mass is 10.1. The summed E-state index contributed by atoms with van der Waals surface area (Å²) in [5.41, 5.74) is 4.07. The molecule has 6 heteroatoms. The predicted molar refractivity (Wildman–Crippen MR) is 97.1 cm³/mol. The monoisotopic (exact) mass is 363 g/mol. The molecule has 2 atom stereocenters. The van der Waals surface area contributed by atoms with E-state index < -0.39 is 0 Å². The van der Waals surface area contributed by atoms with Crippen molar-refractivity contribution in [3.63, 3.8) is 0 Å². The fraction of sp³-hybridized carbons (Fsp3) is 0.632. The number of hydrogen-bond donors (Lipinski definition) is 0. The van der Waals surface area contributed by atoms with Crippen LogP contribution in [-0.4, -0.2) is 37.4 Å². The van der Waals surface area contributed by atoms with Crippen molar-refractivity contribution in [2.45, 2.75) is 57.5 Å². The van der Waals surface area contributed by atoms with Crippen LogP contribution >= 0.6 is 11.3 Å². The van der Waals surface area contributed by atoms with E-state index in [0.717, 1.165) is 63.0 Å². The third-order valence-electron chi connectivity index (χ3n) is 4.74. The minimum absolute atomic E-state index is 0.0308. The lowest BCUT2D eigenvalue weighted by molar-refractivity contribution is -0.161. The number of hydrogen-bond acceptors (Lipinski definition) is 6. The predicted octanol–water partition coefficient (Wildman–Crippen LogP) is 4.29. The third kappa shape index (κ3) is 4.31. The number of nitrogens with zero attached hydrogens (tertiary/aromatic N) is 1. The maximum absolute atomic E-state index is 6.05. The van der Waals surface area contributed by atoms with Crippen LogP contribution in [0.4, 0.5) is 0 Å². The Labute approximate surface area is 152 Å². The van der Waals surface area contributed by atoms with Gasteiger partial charge >= 0.3 is 0 Å². The first-order valence-electron chi connectivity index (χ1n) is 9.27.